The predicted molar refractivity (Wildman–Crippen MR) is 80.4 cm³/mol. The Morgan fingerprint density at radius 2 is 2.25 bits per heavy atom. The summed E-state index contributed by atoms with van der Waals surface area (Å²) < 4.78 is 0. The van der Waals surface area contributed by atoms with Crippen molar-refractivity contribution in [3.05, 3.63) is 21.4 Å². The zero-order valence-electron chi connectivity index (χ0n) is 11.3. The first-order valence-electron chi connectivity index (χ1n) is 6.72. The fraction of sp³-hybridized carbons (Fsp3) is 0.571. The average Bonchev–Trinajstić information content (AvgIpc) is 3.02. The van der Waals surface area contributed by atoms with Crippen molar-refractivity contribution in [2.45, 2.75) is 25.5 Å². The monoisotopic (exact) mass is 311 g/mol. The Hall–Kier alpha value is -1.01. The standard InChI is InChI=1S/C14H17NO3S2/c1-14(13(17)18)3-4-15(8-14)12(16)11-6-9-7-19-5-2-10(9)20-11/h6H,2-5,7-8H2,1H3,(H,17,18). The number of carboxylic acid groups (broad SMARTS) is 1. The van der Waals surface area contributed by atoms with Crippen LogP contribution in [0.2, 0.25) is 0 Å². The fourth-order valence-corrected chi connectivity index (χ4v) is 5.06. The van der Waals surface area contributed by atoms with E-state index < -0.39 is 11.4 Å². The van der Waals surface area contributed by atoms with Gasteiger partial charge in [0.2, 0.25) is 0 Å². The van der Waals surface area contributed by atoms with Crippen molar-refractivity contribution >= 4 is 35.0 Å². The van der Waals surface area contributed by atoms with E-state index in [-0.39, 0.29) is 5.91 Å². The number of hydrogen-bond acceptors (Lipinski definition) is 4. The molecule has 2 aliphatic heterocycles. The Balaban J connectivity index is 1.77. The normalized spacial score (nSPS) is 25.6. The number of aliphatic carboxylic acids is 1. The number of hydrogen-bond donors (Lipinski definition) is 1. The van der Waals surface area contributed by atoms with Gasteiger partial charge in [-0.05, 0) is 37.1 Å². The molecule has 1 saturated heterocycles. The molecule has 1 aromatic rings. The molecule has 3 rings (SSSR count). The van der Waals surface area contributed by atoms with E-state index in [4.69, 9.17) is 0 Å². The minimum atomic E-state index is -0.810. The highest BCUT2D eigenvalue weighted by Gasteiger charge is 2.42. The molecule has 6 heteroatoms. The zero-order chi connectivity index (χ0) is 14.3. The number of carboxylic acids is 1. The quantitative estimate of drug-likeness (QED) is 0.911. The summed E-state index contributed by atoms with van der Waals surface area (Å²) in [6, 6.07) is 2.00. The first-order valence-corrected chi connectivity index (χ1v) is 8.69. The van der Waals surface area contributed by atoms with Crippen molar-refractivity contribution in [1.29, 1.82) is 0 Å². The third-order valence-electron chi connectivity index (χ3n) is 4.12. The molecule has 0 saturated carbocycles. The van der Waals surface area contributed by atoms with E-state index in [1.165, 1.54) is 10.4 Å². The topological polar surface area (TPSA) is 57.6 Å². The number of carbonyl (C=O) groups is 2. The van der Waals surface area contributed by atoms with Gasteiger partial charge in [-0.2, -0.15) is 11.8 Å². The summed E-state index contributed by atoms with van der Waals surface area (Å²) in [4.78, 5) is 27.6. The van der Waals surface area contributed by atoms with Crippen molar-refractivity contribution in [3.8, 4) is 0 Å². The molecule has 0 aliphatic carbocycles. The van der Waals surface area contributed by atoms with Gasteiger partial charge in [-0.1, -0.05) is 0 Å². The first kappa shape index (κ1) is 13.9. The van der Waals surface area contributed by atoms with Gasteiger partial charge < -0.3 is 10.0 Å². The van der Waals surface area contributed by atoms with Crippen LogP contribution in [0, 0.1) is 5.41 Å². The first-order chi connectivity index (χ1) is 9.49. The molecule has 0 spiro atoms. The lowest BCUT2D eigenvalue weighted by molar-refractivity contribution is -0.147. The molecule has 1 aromatic heterocycles. The maximum Gasteiger partial charge on any atom is 0.311 e. The highest BCUT2D eigenvalue weighted by Crippen LogP contribution is 2.35. The third kappa shape index (κ3) is 2.35. The van der Waals surface area contributed by atoms with Gasteiger partial charge >= 0.3 is 5.97 Å². The van der Waals surface area contributed by atoms with E-state index >= 15 is 0 Å². The maximum absolute atomic E-state index is 12.5. The Labute approximate surface area is 126 Å². The number of thioether (sulfide) groups is 1. The van der Waals surface area contributed by atoms with Crippen molar-refractivity contribution in [2.24, 2.45) is 5.41 Å². The number of likely N-dealkylation sites (tertiary alicyclic amines) is 1. The third-order valence-corrected chi connectivity index (χ3v) is 6.35. The average molecular weight is 311 g/mol. The van der Waals surface area contributed by atoms with E-state index in [0.29, 0.717) is 19.5 Å². The highest BCUT2D eigenvalue weighted by atomic mass is 32.2. The predicted octanol–water partition coefficient (Wildman–Crippen LogP) is 2.47. The molecule has 108 valence electrons. The van der Waals surface area contributed by atoms with Crippen LogP contribution < -0.4 is 0 Å². The molecule has 1 amide bonds. The van der Waals surface area contributed by atoms with Crippen LogP contribution >= 0.6 is 23.1 Å². The summed E-state index contributed by atoms with van der Waals surface area (Å²) in [5.74, 6) is 1.31. The minimum Gasteiger partial charge on any atom is -0.481 e. The van der Waals surface area contributed by atoms with Gasteiger partial charge in [-0.15, -0.1) is 11.3 Å². The zero-order valence-corrected chi connectivity index (χ0v) is 13.0. The van der Waals surface area contributed by atoms with Crippen LogP contribution in [-0.2, 0) is 17.0 Å². The fourth-order valence-electron chi connectivity index (χ4n) is 2.72. The van der Waals surface area contributed by atoms with Crippen molar-refractivity contribution in [1.82, 2.24) is 4.90 Å². The second-order valence-corrected chi connectivity index (χ2v) is 7.95. The summed E-state index contributed by atoms with van der Waals surface area (Å²) in [7, 11) is 0. The molecule has 1 N–H and O–H groups in total. The van der Waals surface area contributed by atoms with Crippen LogP contribution in [0.5, 0.6) is 0 Å². The van der Waals surface area contributed by atoms with Gasteiger partial charge in [0.15, 0.2) is 0 Å². The molecular formula is C14H17NO3S2. The lowest BCUT2D eigenvalue weighted by Crippen LogP contribution is -2.34. The number of fused-ring (bicyclic) bond motifs is 1. The number of rotatable bonds is 2. The summed E-state index contributed by atoms with van der Waals surface area (Å²) in [5, 5.41) is 9.24. The van der Waals surface area contributed by atoms with Crippen LogP contribution in [0.1, 0.15) is 33.5 Å². The van der Waals surface area contributed by atoms with Gasteiger partial charge in [0.25, 0.3) is 5.91 Å². The van der Waals surface area contributed by atoms with Crippen molar-refractivity contribution in [3.63, 3.8) is 0 Å². The molecule has 0 radical (unpaired) electrons. The maximum atomic E-state index is 12.5. The molecule has 0 aromatic carbocycles. The smallest absolute Gasteiger partial charge is 0.311 e. The lowest BCUT2D eigenvalue weighted by Gasteiger charge is -2.19. The van der Waals surface area contributed by atoms with Crippen LogP contribution in [0.25, 0.3) is 0 Å². The summed E-state index contributed by atoms with van der Waals surface area (Å²) in [6.45, 7) is 2.58. The Bertz CT molecular complexity index is 545. The van der Waals surface area contributed by atoms with E-state index in [2.05, 4.69) is 0 Å². The van der Waals surface area contributed by atoms with Crippen LogP contribution in [-0.4, -0.2) is 40.7 Å². The minimum absolute atomic E-state index is 0.000579. The van der Waals surface area contributed by atoms with E-state index in [1.807, 2.05) is 17.8 Å². The highest BCUT2D eigenvalue weighted by molar-refractivity contribution is 7.98. The Morgan fingerprint density at radius 1 is 1.45 bits per heavy atom. The largest absolute Gasteiger partial charge is 0.481 e. The van der Waals surface area contributed by atoms with Crippen molar-refractivity contribution < 1.29 is 14.7 Å². The van der Waals surface area contributed by atoms with Gasteiger partial charge in [0, 0.05) is 23.7 Å². The van der Waals surface area contributed by atoms with Crippen LogP contribution in [0.3, 0.4) is 0 Å². The number of carbonyl (C=O) groups excluding carboxylic acids is 1. The van der Waals surface area contributed by atoms with E-state index in [1.54, 1.807) is 23.2 Å². The molecule has 0 bridgehead atoms. The van der Waals surface area contributed by atoms with Gasteiger partial charge in [0.05, 0.1) is 10.3 Å². The molecule has 3 heterocycles. The number of amides is 1. The molecule has 2 aliphatic rings. The molecule has 4 nitrogen and oxygen atoms in total. The second-order valence-electron chi connectivity index (χ2n) is 5.70. The molecule has 20 heavy (non-hydrogen) atoms. The van der Waals surface area contributed by atoms with Crippen LogP contribution in [0.4, 0.5) is 0 Å². The summed E-state index contributed by atoms with van der Waals surface area (Å²) >= 11 is 3.49. The summed E-state index contributed by atoms with van der Waals surface area (Å²) in [5.41, 5.74) is 0.498. The molecule has 1 unspecified atom stereocenters. The molecule has 1 atom stereocenters. The molecule has 1 fully saturated rings. The van der Waals surface area contributed by atoms with Gasteiger partial charge in [-0.3, -0.25) is 9.59 Å². The Morgan fingerprint density at radius 3 is 2.90 bits per heavy atom. The molecular weight excluding hydrogens is 294 g/mol. The van der Waals surface area contributed by atoms with Crippen molar-refractivity contribution in [2.75, 3.05) is 18.8 Å². The number of nitrogens with zero attached hydrogens (tertiary/aromatic N) is 1. The second kappa shape index (κ2) is 5.07. The lowest BCUT2D eigenvalue weighted by atomic mass is 9.90. The van der Waals surface area contributed by atoms with Gasteiger partial charge in [-0.25, -0.2) is 0 Å². The SMILES string of the molecule is CC1(C(=O)O)CCN(C(=O)c2cc3c(s2)CCSC3)C1. The number of thiophene rings is 1. The number of aryl methyl sites for hydroxylation is 1. The van der Waals surface area contributed by atoms with Gasteiger partial charge in [0.1, 0.15) is 0 Å². The summed E-state index contributed by atoms with van der Waals surface area (Å²) in [6.07, 6.45) is 1.58. The van der Waals surface area contributed by atoms with Crippen LogP contribution in [0.15, 0.2) is 6.07 Å². The Kier molecular flexibility index (Phi) is 3.54. The van der Waals surface area contributed by atoms with E-state index in [9.17, 15) is 14.7 Å². The van der Waals surface area contributed by atoms with E-state index in [0.717, 1.165) is 22.8 Å².